The molecule has 1 heterocycles. The maximum Gasteiger partial charge on any atom is 0.433 e. The predicted octanol–water partition coefficient (Wildman–Crippen LogP) is 2.20. The van der Waals surface area contributed by atoms with Gasteiger partial charge in [0.1, 0.15) is 4.92 Å². The Hall–Kier alpha value is -2.38. The van der Waals surface area contributed by atoms with E-state index in [-0.39, 0.29) is 17.6 Å². The first-order valence-electron chi connectivity index (χ1n) is 6.45. The number of carbonyl (C=O) groups is 2. The molecule has 8 heteroatoms. The second-order valence-corrected chi connectivity index (χ2v) is 5.46. The van der Waals surface area contributed by atoms with Crippen molar-refractivity contribution in [3.05, 3.63) is 28.0 Å². The molecule has 1 aromatic heterocycles. The fourth-order valence-corrected chi connectivity index (χ4v) is 1.72. The normalized spacial score (nSPS) is 11.1. The molecule has 2 N–H and O–H groups in total. The number of nitrogens with one attached hydrogen (secondary N) is 1. The van der Waals surface area contributed by atoms with Crippen molar-refractivity contribution in [1.29, 1.82) is 0 Å². The molecular formula is C13H18N2O6. The molecule has 0 saturated carbocycles. The fourth-order valence-electron chi connectivity index (χ4n) is 1.72. The average molecular weight is 298 g/mol. The van der Waals surface area contributed by atoms with Gasteiger partial charge in [-0.1, -0.05) is 13.8 Å². The number of nitrogens with zero attached hydrogens (tertiary/aromatic N) is 1. The van der Waals surface area contributed by atoms with E-state index in [1.807, 2.05) is 13.8 Å². The summed E-state index contributed by atoms with van der Waals surface area (Å²) in [5, 5.41) is 21.7. The van der Waals surface area contributed by atoms with Crippen LogP contribution in [0.15, 0.2) is 16.5 Å². The quantitative estimate of drug-likeness (QED) is 0.560. The number of nitro groups is 1. The number of furan rings is 1. The molecule has 0 unspecified atom stereocenters. The SMILES string of the molecule is CC(C)(CCNC(=O)c1ccc([N+](=O)[O-])o1)CCC(=O)O. The summed E-state index contributed by atoms with van der Waals surface area (Å²) < 4.78 is 4.78. The molecule has 0 aliphatic heterocycles. The monoisotopic (exact) mass is 298 g/mol. The Morgan fingerprint density at radius 1 is 1.38 bits per heavy atom. The van der Waals surface area contributed by atoms with E-state index in [0.29, 0.717) is 19.4 Å². The third kappa shape index (κ3) is 5.64. The van der Waals surface area contributed by atoms with Crippen molar-refractivity contribution in [3.63, 3.8) is 0 Å². The van der Waals surface area contributed by atoms with Crippen LogP contribution in [0.25, 0.3) is 0 Å². The van der Waals surface area contributed by atoms with E-state index in [4.69, 9.17) is 9.52 Å². The van der Waals surface area contributed by atoms with Crippen molar-refractivity contribution in [2.75, 3.05) is 6.54 Å². The zero-order chi connectivity index (χ0) is 16.0. The predicted molar refractivity (Wildman–Crippen MR) is 73.0 cm³/mol. The summed E-state index contributed by atoms with van der Waals surface area (Å²) in [7, 11) is 0. The summed E-state index contributed by atoms with van der Waals surface area (Å²) in [6.45, 7) is 4.17. The van der Waals surface area contributed by atoms with Crippen LogP contribution in [0.3, 0.4) is 0 Å². The third-order valence-electron chi connectivity index (χ3n) is 3.10. The van der Waals surface area contributed by atoms with Crippen LogP contribution in [-0.2, 0) is 4.79 Å². The van der Waals surface area contributed by atoms with Gasteiger partial charge < -0.3 is 14.8 Å². The van der Waals surface area contributed by atoms with E-state index in [9.17, 15) is 19.7 Å². The number of amides is 1. The van der Waals surface area contributed by atoms with Crippen LogP contribution in [0.5, 0.6) is 0 Å². The van der Waals surface area contributed by atoms with Crippen molar-refractivity contribution in [1.82, 2.24) is 5.32 Å². The first kappa shape index (κ1) is 16.7. The van der Waals surface area contributed by atoms with E-state index in [0.717, 1.165) is 6.07 Å². The second kappa shape index (κ2) is 6.87. The highest BCUT2D eigenvalue weighted by molar-refractivity contribution is 5.91. The molecule has 1 amide bonds. The Labute approximate surface area is 121 Å². The van der Waals surface area contributed by atoms with Crippen LogP contribution in [0, 0.1) is 15.5 Å². The van der Waals surface area contributed by atoms with Gasteiger partial charge in [0.2, 0.25) is 0 Å². The number of hydrogen-bond donors (Lipinski definition) is 2. The Morgan fingerprint density at radius 2 is 2.05 bits per heavy atom. The molecule has 1 aromatic rings. The largest absolute Gasteiger partial charge is 0.481 e. The molecule has 0 aliphatic carbocycles. The molecular weight excluding hydrogens is 280 g/mol. The first-order chi connectivity index (χ1) is 9.71. The van der Waals surface area contributed by atoms with Gasteiger partial charge in [-0.2, -0.15) is 0 Å². The van der Waals surface area contributed by atoms with Gasteiger partial charge in [0.05, 0.1) is 6.07 Å². The first-order valence-corrected chi connectivity index (χ1v) is 6.45. The summed E-state index contributed by atoms with van der Waals surface area (Å²) in [5.74, 6) is -1.99. The maximum atomic E-state index is 11.7. The number of carboxylic acids is 1. The molecule has 8 nitrogen and oxygen atoms in total. The molecule has 116 valence electrons. The van der Waals surface area contributed by atoms with Crippen molar-refractivity contribution < 1.29 is 24.0 Å². The van der Waals surface area contributed by atoms with E-state index >= 15 is 0 Å². The molecule has 0 fully saturated rings. The number of rotatable bonds is 8. The zero-order valence-corrected chi connectivity index (χ0v) is 11.9. The van der Waals surface area contributed by atoms with Crippen LogP contribution >= 0.6 is 0 Å². The van der Waals surface area contributed by atoms with Crippen LogP contribution in [0.2, 0.25) is 0 Å². The van der Waals surface area contributed by atoms with Crippen LogP contribution in [-0.4, -0.2) is 28.5 Å². The van der Waals surface area contributed by atoms with Crippen LogP contribution in [0.1, 0.15) is 43.7 Å². The minimum Gasteiger partial charge on any atom is -0.481 e. The van der Waals surface area contributed by atoms with Gasteiger partial charge in [-0.05, 0) is 24.3 Å². The minimum absolute atomic E-state index is 0.0747. The standard InChI is InChI=1S/C13H18N2O6/c1-13(2,6-5-11(16)17)7-8-14-12(18)9-3-4-10(21-9)15(19)20/h3-4H,5-8H2,1-2H3,(H,14,18)(H,16,17). The van der Waals surface area contributed by atoms with E-state index < -0.39 is 22.7 Å². The molecule has 0 saturated heterocycles. The van der Waals surface area contributed by atoms with Gasteiger partial charge in [0, 0.05) is 13.0 Å². The lowest BCUT2D eigenvalue weighted by molar-refractivity contribution is -0.402. The van der Waals surface area contributed by atoms with Gasteiger partial charge in [0.15, 0.2) is 5.76 Å². The highest BCUT2D eigenvalue weighted by Crippen LogP contribution is 2.26. The minimum atomic E-state index is -0.852. The van der Waals surface area contributed by atoms with Gasteiger partial charge in [-0.25, -0.2) is 0 Å². The molecule has 0 aliphatic rings. The van der Waals surface area contributed by atoms with Gasteiger partial charge in [-0.15, -0.1) is 0 Å². The molecule has 21 heavy (non-hydrogen) atoms. The van der Waals surface area contributed by atoms with Crippen molar-refractivity contribution in [2.45, 2.75) is 33.1 Å². The Bertz CT molecular complexity index is 535. The molecule has 0 aromatic carbocycles. The molecule has 1 rings (SSSR count). The summed E-state index contributed by atoms with van der Waals surface area (Å²) in [5.41, 5.74) is -0.221. The van der Waals surface area contributed by atoms with Gasteiger partial charge in [0.25, 0.3) is 5.91 Å². The average Bonchev–Trinajstić information content (AvgIpc) is 2.86. The smallest absolute Gasteiger partial charge is 0.433 e. The van der Waals surface area contributed by atoms with Crippen LogP contribution < -0.4 is 5.32 Å². The zero-order valence-electron chi connectivity index (χ0n) is 11.9. The van der Waals surface area contributed by atoms with Crippen molar-refractivity contribution in [2.24, 2.45) is 5.41 Å². The molecule has 0 radical (unpaired) electrons. The number of carboxylic acid groups (broad SMARTS) is 1. The Morgan fingerprint density at radius 3 is 2.57 bits per heavy atom. The van der Waals surface area contributed by atoms with E-state index in [1.165, 1.54) is 6.07 Å². The van der Waals surface area contributed by atoms with Crippen molar-refractivity contribution in [3.8, 4) is 0 Å². The van der Waals surface area contributed by atoms with Crippen molar-refractivity contribution >= 4 is 17.8 Å². The van der Waals surface area contributed by atoms with Gasteiger partial charge in [-0.3, -0.25) is 19.7 Å². The topological polar surface area (TPSA) is 123 Å². The number of aliphatic carboxylic acids is 1. The molecule has 0 bridgehead atoms. The lowest BCUT2D eigenvalue weighted by Gasteiger charge is -2.23. The highest BCUT2D eigenvalue weighted by atomic mass is 16.6. The van der Waals surface area contributed by atoms with Crippen LogP contribution in [0.4, 0.5) is 5.88 Å². The second-order valence-electron chi connectivity index (χ2n) is 5.46. The third-order valence-corrected chi connectivity index (χ3v) is 3.10. The lowest BCUT2D eigenvalue weighted by atomic mass is 9.84. The summed E-state index contributed by atoms with van der Waals surface area (Å²) in [4.78, 5) is 32.0. The molecule has 0 atom stereocenters. The lowest BCUT2D eigenvalue weighted by Crippen LogP contribution is -2.28. The number of hydrogen-bond acceptors (Lipinski definition) is 5. The maximum absolute atomic E-state index is 11.7. The molecule has 0 spiro atoms. The number of carbonyl (C=O) groups excluding carboxylic acids is 1. The van der Waals surface area contributed by atoms with E-state index in [2.05, 4.69) is 5.32 Å². The fraction of sp³-hybridized carbons (Fsp3) is 0.538. The highest BCUT2D eigenvalue weighted by Gasteiger charge is 2.21. The van der Waals surface area contributed by atoms with E-state index in [1.54, 1.807) is 0 Å². The summed E-state index contributed by atoms with van der Waals surface area (Å²) in [6.07, 6.45) is 1.17. The summed E-state index contributed by atoms with van der Waals surface area (Å²) in [6, 6.07) is 2.36. The Kier molecular flexibility index (Phi) is 5.45. The summed E-state index contributed by atoms with van der Waals surface area (Å²) >= 11 is 0. The Balaban J connectivity index is 2.42. The van der Waals surface area contributed by atoms with Gasteiger partial charge >= 0.3 is 11.9 Å².